The molecule has 7 nitrogen and oxygen atoms in total. The molecule has 1 aromatic rings. The third-order valence-corrected chi connectivity index (χ3v) is 3.90. The highest BCUT2D eigenvalue weighted by Crippen LogP contribution is 2.26. The summed E-state index contributed by atoms with van der Waals surface area (Å²) in [6.07, 6.45) is -3.39. The molecule has 3 fully saturated rings. The molecule has 4 rings (SSSR count). The van der Waals surface area contributed by atoms with Gasteiger partial charge in [0.2, 0.25) is 0 Å². The van der Waals surface area contributed by atoms with Crippen molar-refractivity contribution in [3.8, 4) is 5.75 Å². The van der Waals surface area contributed by atoms with Crippen LogP contribution in [-0.4, -0.2) is 65.8 Å². The maximum absolute atomic E-state index is 10.2. The smallest absolute Gasteiger partial charge is 0.186 e. The molecule has 3 aliphatic heterocycles. The number of aromatic hydroxyl groups is 1. The van der Waals surface area contributed by atoms with Crippen molar-refractivity contribution < 1.29 is 29.5 Å². The standard InChI is InChI=1S/C15H21NO6/c17-10-4-2-9(3-5-10)16-8-11-14-12(18)13(19)15(22-11)21-7-1-6-20-14/h2-5,11-19H,1,6-8H2. The van der Waals surface area contributed by atoms with E-state index in [0.29, 0.717) is 26.2 Å². The molecule has 7 heteroatoms. The van der Waals surface area contributed by atoms with E-state index >= 15 is 0 Å². The van der Waals surface area contributed by atoms with E-state index in [2.05, 4.69) is 5.32 Å². The van der Waals surface area contributed by atoms with E-state index in [-0.39, 0.29) is 5.75 Å². The van der Waals surface area contributed by atoms with Gasteiger partial charge >= 0.3 is 0 Å². The zero-order valence-corrected chi connectivity index (χ0v) is 12.1. The SMILES string of the molecule is Oc1ccc(NCC2OC3OCCCOC2C(O)C3O)cc1. The summed E-state index contributed by atoms with van der Waals surface area (Å²) in [7, 11) is 0. The zero-order valence-electron chi connectivity index (χ0n) is 12.1. The number of ether oxygens (including phenoxy) is 3. The Morgan fingerprint density at radius 3 is 2.55 bits per heavy atom. The van der Waals surface area contributed by atoms with Crippen LogP contribution in [0.25, 0.3) is 0 Å². The summed E-state index contributed by atoms with van der Waals surface area (Å²) in [6.45, 7) is 1.25. The Balaban J connectivity index is 1.67. The molecule has 0 aromatic heterocycles. The summed E-state index contributed by atoms with van der Waals surface area (Å²) in [5.74, 6) is 0.193. The molecule has 5 unspecified atom stereocenters. The minimum absolute atomic E-state index is 0.193. The number of phenolic OH excluding ortho intramolecular Hbond substituents is 1. The normalized spacial score (nSPS) is 35.5. The van der Waals surface area contributed by atoms with E-state index in [1.165, 1.54) is 0 Å². The van der Waals surface area contributed by atoms with Gasteiger partial charge in [0.25, 0.3) is 0 Å². The van der Waals surface area contributed by atoms with Crippen LogP contribution in [0.1, 0.15) is 6.42 Å². The number of rotatable bonds is 3. The summed E-state index contributed by atoms with van der Waals surface area (Å²) in [5.41, 5.74) is 0.813. The summed E-state index contributed by atoms with van der Waals surface area (Å²) >= 11 is 0. The van der Waals surface area contributed by atoms with Crippen molar-refractivity contribution in [3.05, 3.63) is 24.3 Å². The summed E-state index contributed by atoms with van der Waals surface area (Å²) in [5, 5.41) is 32.6. The first kappa shape index (κ1) is 15.5. The van der Waals surface area contributed by atoms with Crippen LogP contribution in [0.2, 0.25) is 0 Å². The quantitative estimate of drug-likeness (QED) is 0.586. The van der Waals surface area contributed by atoms with E-state index in [1.54, 1.807) is 24.3 Å². The number of aliphatic hydroxyl groups is 2. The molecule has 4 N–H and O–H groups in total. The second-order valence-electron chi connectivity index (χ2n) is 5.51. The molecule has 0 aliphatic carbocycles. The lowest BCUT2D eigenvalue weighted by Gasteiger charge is -2.41. The molecule has 2 bridgehead atoms. The van der Waals surface area contributed by atoms with Gasteiger partial charge in [-0.3, -0.25) is 0 Å². The number of nitrogens with one attached hydrogen (secondary N) is 1. The Bertz CT molecular complexity index is 479. The van der Waals surface area contributed by atoms with Gasteiger partial charge in [-0.15, -0.1) is 0 Å². The van der Waals surface area contributed by atoms with Crippen molar-refractivity contribution in [1.29, 1.82) is 0 Å². The first-order valence-electron chi connectivity index (χ1n) is 7.43. The van der Waals surface area contributed by atoms with Crippen molar-refractivity contribution >= 4 is 5.69 Å². The first-order chi connectivity index (χ1) is 10.6. The Labute approximate surface area is 128 Å². The van der Waals surface area contributed by atoms with Crippen molar-refractivity contribution in [3.63, 3.8) is 0 Å². The van der Waals surface area contributed by atoms with Gasteiger partial charge in [0, 0.05) is 18.8 Å². The number of phenols is 1. The van der Waals surface area contributed by atoms with Crippen LogP contribution >= 0.6 is 0 Å². The molecule has 3 saturated heterocycles. The van der Waals surface area contributed by atoms with Crippen LogP contribution in [0.15, 0.2) is 24.3 Å². The molecule has 0 amide bonds. The largest absolute Gasteiger partial charge is 0.508 e. The number of aliphatic hydroxyl groups excluding tert-OH is 2. The minimum Gasteiger partial charge on any atom is -0.508 e. The maximum Gasteiger partial charge on any atom is 0.186 e. The Morgan fingerprint density at radius 2 is 1.77 bits per heavy atom. The van der Waals surface area contributed by atoms with Gasteiger partial charge in [0.15, 0.2) is 6.29 Å². The van der Waals surface area contributed by atoms with Crippen LogP contribution in [0, 0.1) is 0 Å². The molecule has 3 aliphatic rings. The Morgan fingerprint density at radius 1 is 1.05 bits per heavy atom. The fourth-order valence-electron chi connectivity index (χ4n) is 2.69. The van der Waals surface area contributed by atoms with Gasteiger partial charge in [0.1, 0.15) is 30.2 Å². The molecule has 0 spiro atoms. The number of hydrogen-bond acceptors (Lipinski definition) is 7. The second-order valence-corrected chi connectivity index (χ2v) is 5.51. The monoisotopic (exact) mass is 311 g/mol. The van der Waals surface area contributed by atoms with Crippen molar-refractivity contribution in [2.45, 2.75) is 37.1 Å². The van der Waals surface area contributed by atoms with E-state index in [9.17, 15) is 15.3 Å². The third kappa shape index (κ3) is 3.34. The number of anilines is 1. The Kier molecular flexibility index (Phi) is 4.80. The number of hydrogen-bond donors (Lipinski definition) is 4. The van der Waals surface area contributed by atoms with E-state index in [0.717, 1.165) is 5.69 Å². The van der Waals surface area contributed by atoms with Crippen LogP contribution in [0.5, 0.6) is 5.75 Å². The Hall–Kier alpha value is -1.38. The van der Waals surface area contributed by atoms with Crippen molar-refractivity contribution in [2.24, 2.45) is 0 Å². The van der Waals surface area contributed by atoms with Crippen LogP contribution < -0.4 is 5.32 Å². The minimum atomic E-state index is -1.12. The fourth-order valence-corrected chi connectivity index (χ4v) is 2.69. The van der Waals surface area contributed by atoms with Crippen LogP contribution in [0.3, 0.4) is 0 Å². The highest BCUT2D eigenvalue weighted by atomic mass is 16.7. The van der Waals surface area contributed by atoms with Gasteiger partial charge in [0.05, 0.1) is 6.61 Å². The second kappa shape index (κ2) is 6.80. The van der Waals surface area contributed by atoms with Gasteiger partial charge < -0.3 is 34.8 Å². The lowest BCUT2D eigenvalue weighted by atomic mass is 9.98. The van der Waals surface area contributed by atoms with Crippen LogP contribution in [0.4, 0.5) is 5.69 Å². The summed E-state index contributed by atoms with van der Waals surface area (Å²) < 4.78 is 16.8. The predicted octanol–water partition coefficient (Wildman–Crippen LogP) is 0.0563. The molecule has 5 atom stereocenters. The van der Waals surface area contributed by atoms with E-state index < -0.39 is 30.7 Å². The number of fused-ring (bicyclic) bond motifs is 6. The lowest BCUT2D eigenvalue weighted by Crippen LogP contribution is -2.60. The summed E-state index contributed by atoms with van der Waals surface area (Å²) in [4.78, 5) is 0. The highest BCUT2D eigenvalue weighted by Gasteiger charge is 2.46. The third-order valence-electron chi connectivity index (χ3n) is 3.90. The van der Waals surface area contributed by atoms with Gasteiger partial charge in [-0.1, -0.05) is 0 Å². The molecular formula is C15H21NO6. The van der Waals surface area contributed by atoms with Crippen molar-refractivity contribution in [1.82, 2.24) is 0 Å². The zero-order chi connectivity index (χ0) is 15.5. The molecule has 0 radical (unpaired) electrons. The van der Waals surface area contributed by atoms with Crippen LogP contribution in [-0.2, 0) is 14.2 Å². The molecule has 0 saturated carbocycles. The summed E-state index contributed by atoms with van der Waals surface area (Å²) in [6, 6.07) is 6.64. The molecule has 1 aromatic carbocycles. The van der Waals surface area contributed by atoms with Crippen molar-refractivity contribution in [2.75, 3.05) is 25.1 Å². The predicted molar refractivity (Wildman–Crippen MR) is 77.6 cm³/mol. The molecule has 22 heavy (non-hydrogen) atoms. The topological polar surface area (TPSA) is 100 Å². The van der Waals surface area contributed by atoms with E-state index in [4.69, 9.17) is 14.2 Å². The van der Waals surface area contributed by atoms with Gasteiger partial charge in [-0.25, -0.2) is 0 Å². The number of benzene rings is 1. The average Bonchev–Trinajstić information content (AvgIpc) is 2.66. The fraction of sp³-hybridized carbons (Fsp3) is 0.600. The molecular weight excluding hydrogens is 290 g/mol. The first-order valence-corrected chi connectivity index (χ1v) is 7.43. The van der Waals surface area contributed by atoms with E-state index in [1.807, 2.05) is 0 Å². The lowest BCUT2D eigenvalue weighted by molar-refractivity contribution is -0.291. The molecule has 122 valence electrons. The van der Waals surface area contributed by atoms with Gasteiger partial charge in [-0.05, 0) is 30.7 Å². The average molecular weight is 311 g/mol. The van der Waals surface area contributed by atoms with Gasteiger partial charge in [-0.2, -0.15) is 0 Å². The maximum atomic E-state index is 10.2. The highest BCUT2D eigenvalue weighted by molar-refractivity contribution is 5.46. The molecule has 3 heterocycles.